The summed E-state index contributed by atoms with van der Waals surface area (Å²) < 4.78 is 5.50. The van der Waals surface area contributed by atoms with Gasteiger partial charge in [0.1, 0.15) is 17.7 Å². The highest BCUT2D eigenvalue weighted by Gasteiger charge is 2.42. The Morgan fingerprint density at radius 3 is 2.12 bits per heavy atom. The van der Waals surface area contributed by atoms with Crippen molar-refractivity contribution in [1.29, 1.82) is 0 Å². The minimum absolute atomic E-state index is 0.244. The maximum Gasteiger partial charge on any atom is 0.326 e. The van der Waals surface area contributed by atoms with Crippen molar-refractivity contribution in [2.24, 2.45) is 5.73 Å². The molecule has 0 radical (unpaired) electrons. The van der Waals surface area contributed by atoms with E-state index in [9.17, 15) is 20.1 Å². The Kier molecular flexibility index (Phi) is 12.2. The highest BCUT2D eigenvalue weighted by atomic mass is 16.5. The van der Waals surface area contributed by atoms with Crippen molar-refractivity contribution in [3.63, 3.8) is 0 Å². The molecule has 0 fully saturated rings. The van der Waals surface area contributed by atoms with Crippen LogP contribution < -0.4 is 5.73 Å². The molecule has 0 saturated heterocycles. The minimum atomic E-state index is -2.01. The molecule has 0 heterocycles. The van der Waals surface area contributed by atoms with Crippen molar-refractivity contribution in [2.75, 3.05) is 13.2 Å². The molecule has 0 spiro atoms. The predicted molar refractivity (Wildman–Crippen MR) is 91.7 cm³/mol. The monoisotopic (exact) mass is 349 g/mol. The van der Waals surface area contributed by atoms with Gasteiger partial charge in [-0.05, 0) is 32.6 Å². The van der Waals surface area contributed by atoms with Crippen LogP contribution in [0.1, 0.15) is 65.2 Å². The number of hydrogen-bond acceptors (Lipinski definition) is 6. The van der Waals surface area contributed by atoms with Gasteiger partial charge in [-0.2, -0.15) is 0 Å². The molecular formula is C17H35NO6. The number of aliphatic carboxylic acids is 1. The lowest BCUT2D eigenvalue weighted by molar-refractivity contribution is -0.154. The summed E-state index contributed by atoms with van der Waals surface area (Å²) >= 11 is 0. The van der Waals surface area contributed by atoms with Gasteiger partial charge in [0.2, 0.25) is 0 Å². The fourth-order valence-corrected chi connectivity index (χ4v) is 2.33. The summed E-state index contributed by atoms with van der Waals surface area (Å²) in [6, 6.07) is 0. The van der Waals surface area contributed by atoms with Crippen molar-refractivity contribution >= 4 is 5.97 Å². The van der Waals surface area contributed by atoms with Gasteiger partial charge in [-0.15, -0.1) is 0 Å². The molecular weight excluding hydrogens is 314 g/mol. The molecule has 0 amide bonds. The molecule has 0 saturated carbocycles. The van der Waals surface area contributed by atoms with Gasteiger partial charge in [0, 0.05) is 13.2 Å². The number of aliphatic hydroxyl groups is 3. The largest absolute Gasteiger partial charge is 0.480 e. The number of ether oxygens (including phenoxy) is 1. The van der Waals surface area contributed by atoms with Crippen LogP contribution in [0, 0.1) is 0 Å². The standard InChI is InChI=1S/C17H35NO6/c1-3-4-5-6-8-11-24-12-9-7-10-13(19)14(20)15(21)17(2,18)16(22)23/h13-15,19-21H,3-12,18H2,1-2H3,(H,22,23)/t13?,14?,15?,17-/m0/s1. The number of carboxylic acids is 1. The van der Waals surface area contributed by atoms with Gasteiger partial charge < -0.3 is 30.9 Å². The Morgan fingerprint density at radius 1 is 1.04 bits per heavy atom. The molecule has 3 unspecified atom stereocenters. The number of carboxylic acid groups (broad SMARTS) is 1. The molecule has 7 nitrogen and oxygen atoms in total. The van der Waals surface area contributed by atoms with Gasteiger partial charge in [-0.25, -0.2) is 0 Å². The van der Waals surface area contributed by atoms with E-state index in [1.54, 1.807) is 0 Å². The number of aliphatic hydroxyl groups excluding tert-OH is 3. The van der Waals surface area contributed by atoms with Crippen molar-refractivity contribution in [2.45, 2.75) is 89.1 Å². The highest BCUT2D eigenvalue weighted by molar-refractivity contribution is 5.78. The molecule has 0 bridgehead atoms. The molecule has 24 heavy (non-hydrogen) atoms. The molecule has 144 valence electrons. The summed E-state index contributed by atoms with van der Waals surface area (Å²) in [5, 5.41) is 38.4. The van der Waals surface area contributed by atoms with Crippen molar-refractivity contribution in [1.82, 2.24) is 0 Å². The highest BCUT2D eigenvalue weighted by Crippen LogP contribution is 2.16. The second-order valence-corrected chi connectivity index (χ2v) is 6.61. The zero-order valence-electron chi connectivity index (χ0n) is 15.0. The van der Waals surface area contributed by atoms with Crippen LogP contribution in [0.2, 0.25) is 0 Å². The lowest BCUT2D eigenvalue weighted by atomic mass is 9.88. The van der Waals surface area contributed by atoms with E-state index in [0.29, 0.717) is 13.0 Å². The molecule has 0 aromatic rings. The molecule has 0 aliphatic rings. The Hall–Kier alpha value is -0.730. The summed E-state index contributed by atoms with van der Waals surface area (Å²) in [6.07, 6.45) is 2.96. The van der Waals surface area contributed by atoms with Crippen LogP contribution in [0.15, 0.2) is 0 Å². The van der Waals surface area contributed by atoms with E-state index < -0.39 is 29.8 Å². The van der Waals surface area contributed by atoms with Crippen molar-refractivity contribution < 1.29 is 30.0 Å². The second kappa shape index (κ2) is 12.6. The molecule has 0 rings (SSSR count). The predicted octanol–water partition coefficient (Wildman–Crippen LogP) is 1.03. The van der Waals surface area contributed by atoms with E-state index in [4.69, 9.17) is 15.6 Å². The summed E-state index contributed by atoms with van der Waals surface area (Å²) in [5.41, 5.74) is 3.44. The molecule has 0 aliphatic heterocycles. The topological polar surface area (TPSA) is 133 Å². The first-order chi connectivity index (χ1) is 11.2. The van der Waals surface area contributed by atoms with Gasteiger partial charge in [-0.3, -0.25) is 4.79 Å². The van der Waals surface area contributed by atoms with Crippen molar-refractivity contribution in [3.8, 4) is 0 Å². The number of carbonyl (C=O) groups is 1. The molecule has 7 heteroatoms. The van der Waals surface area contributed by atoms with Gasteiger partial charge >= 0.3 is 5.97 Å². The smallest absolute Gasteiger partial charge is 0.326 e. The van der Waals surface area contributed by atoms with E-state index in [1.807, 2.05) is 0 Å². The lowest BCUT2D eigenvalue weighted by Gasteiger charge is -2.31. The Labute approximate surface area is 144 Å². The normalized spacial score (nSPS) is 17.9. The SMILES string of the molecule is CCCCCCCOCCCCC(O)C(O)C(O)[C@](C)(N)C(=O)O. The zero-order valence-corrected chi connectivity index (χ0v) is 15.0. The van der Waals surface area contributed by atoms with Gasteiger partial charge in [0.15, 0.2) is 0 Å². The minimum Gasteiger partial charge on any atom is -0.480 e. The first-order valence-electron chi connectivity index (χ1n) is 8.89. The summed E-state index contributed by atoms with van der Waals surface area (Å²) in [7, 11) is 0. The van der Waals surface area contributed by atoms with Gasteiger partial charge in [0.05, 0.1) is 6.10 Å². The van der Waals surface area contributed by atoms with Crippen LogP contribution in [-0.4, -0.2) is 63.5 Å². The van der Waals surface area contributed by atoms with E-state index in [1.165, 1.54) is 25.7 Å². The zero-order chi connectivity index (χ0) is 18.6. The first-order valence-corrected chi connectivity index (χ1v) is 8.89. The summed E-state index contributed by atoms with van der Waals surface area (Å²) in [6.45, 7) is 4.60. The molecule has 4 atom stereocenters. The van der Waals surface area contributed by atoms with Crippen LogP contribution in [0.3, 0.4) is 0 Å². The van der Waals surface area contributed by atoms with E-state index in [0.717, 1.165) is 26.4 Å². The van der Waals surface area contributed by atoms with Crippen molar-refractivity contribution in [3.05, 3.63) is 0 Å². The fourth-order valence-electron chi connectivity index (χ4n) is 2.33. The van der Waals surface area contributed by atoms with Gasteiger partial charge in [-0.1, -0.05) is 32.6 Å². The Bertz CT molecular complexity index is 337. The average molecular weight is 349 g/mol. The van der Waals surface area contributed by atoms with Crippen LogP contribution in [0.5, 0.6) is 0 Å². The first kappa shape index (κ1) is 23.3. The quantitative estimate of drug-likeness (QED) is 0.279. The molecule has 0 aliphatic carbocycles. The van der Waals surface area contributed by atoms with E-state index >= 15 is 0 Å². The fraction of sp³-hybridized carbons (Fsp3) is 0.941. The third-order valence-electron chi connectivity index (χ3n) is 4.22. The van der Waals surface area contributed by atoms with E-state index in [-0.39, 0.29) is 6.42 Å². The Balaban J connectivity index is 3.78. The number of nitrogens with two attached hydrogens (primary N) is 1. The summed E-state index contributed by atoms with van der Waals surface area (Å²) in [5.74, 6) is -1.44. The molecule has 0 aromatic heterocycles. The lowest BCUT2D eigenvalue weighted by Crippen LogP contribution is -2.61. The second-order valence-electron chi connectivity index (χ2n) is 6.61. The van der Waals surface area contributed by atoms with Crippen LogP contribution in [0.4, 0.5) is 0 Å². The van der Waals surface area contributed by atoms with E-state index in [2.05, 4.69) is 6.92 Å². The average Bonchev–Trinajstić information content (AvgIpc) is 2.54. The number of unbranched alkanes of at least 4 members (excludes halogenated alkanes) is 5. The maximum atomic E-state index is 10.9. The molecule has 0 aromatic carbocycles. The number of rotatable bonds is 15. The summed E-state index contributed by atoms with van der Waals surface area (Å²) in [4.78, 5) is 10.9. The third kappa shape index (κ3) is 8.94. The van der Waals surface area contributed by atoms with Crippen LogP contribution in [0.25, 0.3) is 0 Å². The molecule has 6 N–H and O–H groups in total. The van der Waals surface area contributed by atoms with Crippen LogP contribution in [-0.2, 0) is 9.53 Å². The third-order valence-corrected chi connectivity index (χ3v) is 4.22. The number of hydrogen-bond donors (Lipinski definition) is 5. The Morgan fingerprint density at radius 2 is 1.58 bits per heavy atom. The maximum absolute atomic E-state index is 10.9. The van der Waals surface area contributed by atoms with Gasteiger partial charge in [0.25, 0.3) is 0 Å². The van der Waals surface area contributed by atoms with Crippen LogP contribution >= 0.6 is 0 Å².